The molecular weight excluding hydrogens is 258 g/mol. The number of aromatic nitrogens is 1. The van der Waals surface area contributed by atoms with Crippen molar-refractivity contribution in [2.75, 3.05) is 5.32 Å². The third kappa shape index (κ3) is 3.40. The monoisotopic (exact) mass is 268 g/mol. The van der Waals surface area contributed by atoms with Gasteiger partial charge in [-0.15, -0.1) is 0 Å². The molecule has 0 radical (unpaired) electrons. The number of rotatable bonds is 4. The molecule has 0 saturated heterocycles. The Hall–Kier alpha value is -1.68. The van der Waals surface area contributed by atoms with E-state index >= 15 is 0 Å². The number of hydrogen-bond acceptors (Lipinski definition) is 2. The van der Waals surface area contributed by atoms with Gasteiger partial charge in [-0.25, -0.2) is 13.8 Å². The lowest BCUT2D eigenvalue weighted by Gasteiger charge is -2.07. The second-order valence-corrected chi connectivity index (χ2v) is 4.15. The van der Waals surface area contributed by atoms with Gasteiger partial charge in [0, 0.05) is 12.1 Å². The van der Waals surface area contributed by atoms with Crippen LogP contribution in [0.1, 0.15) is 17.6 Å². The number of benzene rings is 1. The van der Waals surface area contributed by atoms with Gasteiger partial charge in [0.25, 0.3) is 6.43 Å². The minimum Gasteiger partial charge on any atom is -0.380 e. The van der Waals surface area contributed by atoms with E-state index in [0.717, 1.165) is 11.3 Å². The van der Waals surface area contributed by atoms with Crippen molar-refractivity contribution >= 4 is 17.3 Å². The highest BCUT2D eigenvalue weighted by Gasteiger charge is 2.05. The highest BCUT2D eigenvalue weighted by atomic mass is 35.5. The van der Waals surface area contributed by atoms with Crippen molar-refractivity contribution in [2.24, 2.45) is 0 Å². The van der Waals surface area contributed by atoms with E-state index in [4.69, 9.17) is 11.6 Å². The van der Waals surface area contributed by atoms with E-state index in [0.29, 0.717) is 11.7 Å². The molecule has 0 bridgehead atoms. The molecule has 1 aromatic carbocycles. The predicted molar refractivity (Wildman–Crippen MR) is 68.0 cm³/mol. The average molecular weight is 269 g/mol. The average Bonchev–Trinajstić information content (AvgIpc) is 2.38. The molecule has 0 unspecified atom stereocenters. The highest BCUT2D eigenvalue weighted by Crippen LogP contribution is 2.19. The molecule has 0 aliphatic rings. The van der Waals surface area contributed by atoms with Crippen LogP contribution in [0.3, 0.4) is 0 Å². The lowest BCUT2D eigenvalue weighted by molar-refractivity contribution is 0.151. The fourth-order valence-corrected chi connectivity index (χ4v) is 1.58. The summed E-state index contributed by atoms with van der Waals surface area (Å²) in [5, 5.41) is 3.56. The van der Waals surface area contributed by atoms with Gasteiger partial charge < -0.3 is 5.32 Å². The van der Waals surface area contributed by atoms with Gasteiger partial charge in [0.15, 0.2) is 0 Å². The third-order valence-corrected chi connectivity index (χ3v) is 2.68. The maximum absolute atomic E-state index is 12.4. The topological polar surface area (TPSA) is 24.9 Å². The van der Waals surface area contributed by atoms with Gasteiger partial charge in [-0.1, -0.05) is 35.9 Å². The number of anilines is 1. The number of pyridine rings is 1. The summed E-state index contributed by atoms with van der Waals surface area (Å²) in [6.07, 6.45) is -0.803. The van der Waals surface area contributed by atoms with E-state index in [1.54, 1.807) is 24.4 Å². The van der Waals surface area contributed by atoms with Crippen LogP contribution in [0.5, 0.6) is 0 Å². The summed E-state index contributed by atoms with van der Waals surface area (Å²) in [6, 6.07) is 9.71. The fourth-order valence-electron chi connectivity index (χ4n) is 1.47. The first-order valence-electron chi connectivity index (χ1n) is 5.37. The number of nitrogens with one attached hydrogen (secondary N) is 1. The summed E-state index contributed by atoms with van der Waals surface area (Å²) >= 11 is 5.67. The zero-order chi connectivity index (χ0) is 13.0. The van der Waals surface area contributed by atoms with Crippen LogP contribution < -0.4 is 5.32 Å². The van der Waals surface area contributed by atoms with Crippen molar-refractivity contribution in [3.63, 3.8) is 0 Å². The zero-order valence-corrected chi connectivity index (χ0v) is 10.2. The van der Waals surface area contributed by atoms with E-state index in [1.807, 2.05) is 6.07 Å². The van der Waals surface area contributed by atoms with Gasteiger partial charge in [0.1, 0.15) is 5.15 Å². The Morgan fingerprint density at radius 3 is 2.39 bits per heavy atom. The van der Waals surface area contributed by atoms with E-state index in [9.17, 15) is 8.78 Å². The maximum atomic E-state index is 12.4. The lowest BCUT2D eigenvalue weighted by atomic mass is 10.1. The molecule has 5 heteroatoms. The van der Waals surface area contributed by atoms with E-state index < -0.39 is 6.43 Å². The Morgan fingerprint density at radius 2 is 1.83 bits per heavy atom. The molecule has 1 N–H and O–H groups in total. The van der Waals surface area contributed by atoms with Gasteiger partial charge in [-0.2, -0.15) is 0 Å². The fraction of sp³-hybridized carbons (Fsp3) is 0.154. The molecule has 0 saturated carbocycles. The smallest absolute Gasteiger partial charge is 0.263 e. The Kier molecular flexibility index (Phi) is 4.10. The van der Waals surface area contributed by atoms with Crippen molar-refractivity contribution in [1.82, 2.24) is 4.98 Å². The van der Waals surface area contributed by atoms with Crippen LogP contribution in [-0.2, 0) is 6.54 Å². The Bertz CT molecular complexity index is 497. The highest BCUT2D eigenvalue weighted by molar-refractivity contribution is 6.29. The minimum absolute atomic E-state index is 0.0342. The second kappa shape index (κ2) is 5.78. The molecule has 94 valence electrons. The molecule has 0 aliphatic carbocycles. The molecule has 2 nitrogen and oxygen atoms in total. The van der Waals surface area contributed by atoms with Crippen molar-refractivity contribution in [1.29, 1.82) is 0 Å². The lowest BCUT2D eigenvalue weighted by Crippen LogP contribution is -1.99. The van der Waals surface area contributed by atoms with Crippen LogP contribution in [0, 0.1) is 0 Å². The molecule has 0 spiro atoms. The van der Waals surface area contributed by atoms with Crippen molar-refractivity contribution in [3.05, 3.63) is 58.9 Å². The minimum atomic E-state index is -2.42. The Balaban J connectivity index is 1.95. The van der Waals surface area contributed by atoms with Gasteiger partial charge in [-0.3, -0.25) is 0 Å². The summed E-state index contributed by atoms with van der Waals surface area (Å²) in [6.45, 7) is 0.548. The first kappa shape index (κ1) is 12.8. The van der Waals surface area contributed by atoms with E-state index in [-0.39, 0.29) is 5.56 Å². The molecule has 0 aliphatic heterocycles. The molecule has 0 atom stereocenters. The summed E-state index contributed by atoms with van der Waals surface area (Å²) < 4.78 is 24.7. The molecule has 0 amide bonds. The van der Waals surface area contributed by atoms with Crippen LogP contribution in [0.4, 0.5) is 14.5 Å². The number of alkyl halides is 2. The van der Waals surface area contributed by atoms with Crippen molar-refractivity contribution in [3.8, 4) is 0 Å². The maximum Gasteiger partial charge on any atom is 0.263 e. The van der Waals surface area contributed by atoms with Crippen LogP contribution in [0.25, 0.3) is 0 Å². The Morgan fingerprint density at radius 1 is 1.11 bits per heavy atom. The van der Waals surface area contributed by atoms with Gasteiger partial charge in [-0.05, 0) is 17.7 Å². The first-order valence-corrected chi connectivity index (χ1v) is 5.75. The molecular formula is C13H11ClF2N2. The van der Waals surface area contributed by atoms with Gasteiger partial charge >= 0.3 is 0 Å². The van der Waals surface area contributed by atoms with Gasteiger partial charge in [0.05, 0.1) is 11.9 Å². The SMILES string of the molecule is FC(F)c1ccc(CNc2ccc(Cl)nc2)cc1. The summed E-state index contributed by atoms with van der Waals surface area (Å²) in [7, 11) is 0. The van der Waals surface area contributed by atoms with Crippen LogP contribution in [0.2, 0.25) is 5.15 Å². The second-order valence-electron chi connectivity index (χ2n) is 3.77. The first-order chi connectivity index (χ1) is 8.65. The van der Waals surface area contributed by atoms with Gasteiger partial charge in [0.2, 0.25) is 0 Å². The molecule has 1 aromatic heterocycles. The largest absolute Gasteiger partial charge is 0.380 e. The summed E-state index contributed by atoms with van der Waals surface area (Å²) in [5.74, 6) is 0. The number of halogens is 3. The molecule has 0 fully saturated rings. The standard InChI is InChI=1S/C13H11ClF2N2/c14-12-6-5-11(8-18-12)17-7-9-1-3-10(4-2-9)13(15)16/h1-6,8,13,17H,7H2. The van der Waals surface area contributed by atoms with Crippen LogP contribution in [0.15, 0.2) is 42.6 Å². The third-order valence-electron chi connectivity index (χ3n) is 2.46. The molecule has 1 heterocycles. The number of nitrogens with zero attached hydrogens (tertiary/aromatic N) is 1. The van der Waals surface area contributed by atoms with E-state index in [2.05, 4.69) is 10.3 Å². The Labute approximate surface area is 109 Å². The predicted octanol–water partition coefficient (Wildman–Crippen LogP) is 4.28. The summed E-state index contributed by atoms with van der Waals surface area (Å²) in [5.41, 5.74) is 1.79. The molecule has 2 rings (SSSR count). The normalized spacial score (nSPS) is 10.7. The van der Waals surface area contributed by atoms with E-state index in [1.165, 1.54) is 12.1 Å². The zero-order valence-electron chi connectivity index (χ0n) is 9.41. The van der Waals surface area contributed by atoms with Crippen LogP contribution in [-0.4, -0.2) is 4.98 Å². The summed E-state index contributed by atoms with van der Waals surface area (Å²) in [4.78, 5) is 3.93. The quantitative estimate of drug-likeness (QED) is 0.837. The molecule has 2 aromatic rings. The molecule has 18 heavy (non-hydrogen) atoms. The van der Waals surface area contributed by atoms with Crippen molar-refractivity contribution < 1.29 is 8.78 Å². The number of hydrogen-bond donors (Lipinski definition) is 1. The van der Waals surface area contributed by atoms with Crippen molar-refractivity contribution in [2.45, 2.75) is 13.0 Å². The van der Waals surface area contributed by atoms with Crippen LogP contribution >= 0.6 is 11.6 Å².